The van der Waals surface area contributed by atoms with E-state index in [9.17, 15) is 10.1 Å². The summed E-state index contributed by atoms with van der Waals surface area (Å²) in [7, 11) is 1.84. The number of nitro groups is 1. The van der Waals surface area contributed by atoms with Crippen LogP contribution in [0.2, 0.25) is 0 Å². The zero-order valence-electron chi connectivity index (χ0n) is 13.5. The second-order valence-corrected chi connectivity index (χ2v) is 5.38. The fourth-order valence-corrected chi connectivity index (χ4v) is 2.03. The molecule has 1 atom stereocenters. The maximum atomic E-state index is 11.3. The summed E-state index contributed by atoms with van der Waals surface area (Å²) in [6.45, 7) is 9.38. The Morgan fingerprint density at radius 3 is 2.57 bits per heavy atom. The first-order valence-corrected chi connectivity index (χ1v) is 7.38. The van der Waals surface area contributed by atoms with Crippen LogP contribution in [0.25, 0.3) is 0 Å². The molecule has 0 amide bonds. The minimum atomic E-state index is -0.401. The highest BCUT2D eigenvalue weighted by Gasteiger charge is 2.25. The summed E-state index contributed by atoms with van der Waals surface area (Å²) in [4.78, 5) is 21.3. The van der Waals surface area contributed by atoms with Gasteiger partial charge in [0.1, 0.15) is 5.69 Å². The van der Waals surface area contributed by atoms with Gasteiger partial charge in [0.25, 0.3) is 0 Å². The summed E-state index contributed by atoms with van der Waals surface area (Å²) in [6, 6.07) is 0. The molecule has 7 nitrogen and oxygen atoms in total. The Balaban J connectivity index is 3.17. The Labute approximate surface area is 125 Å². The molecule has 0 spiro atoms. The van der Waals surface area contributed by atoms with Crippen LogP contribution in [0, 0.1) is 23.0 Å². The number of nitrogens with zero attached hydrogens (tertiary/aromatic N) is 4. The van der Waals surface area contributed by atoms with E-state index in [4.69, 9.17) is 0 Å². The summed E-state index contributed by atoms with van der Waals surface area (Å²) in [5.74, 6) is 1.27. The molecule has 0 saturated carbocycles. The predicted octanol–water partition coefficient (Wildman–Crippen LogP) is 3.00. The van der Waals surface area contributed by atoms with Crippen LogP contribution in [-0.2, 0) is 0 Å². The van der Waals surface area contributed by atoms with Crippen molar-refractivity contribution < 1.29 is 4.92 Å². The number of hydrogen-bond acceptors (Lipinski definition) is 6. The van der Waals surface area contributed by atoms with Gasteiger partial charge >= 0.3 is 5.69 Å². The van der Waals surface area contributed by atoms with E-state index < -0.39 is 4.92 Å². The molecule has 1 unspecified atom stereocenters. The van der Waals surface area contributed by atoms with Crippen LogP contribution in [0.1, 0.15) is 39.3 Å². The third-order valence-electron chi connectivity index (χ3n) is 3.40. The van der Waals surface area contributed by atoms with E-state index in [2.05, 4.69) is 29.1 Å². The molecule has 0 saturated heterocycles. The van der Waals surface area contributed by atoms with Crippen LogP contribution in [0.3, 0.4) is 0 Å². The van der Waals surface area contributed by atoms with Crippen LogP contribution < -0.4 is 10.2 Å². The van der Waals surface area contributed by atoms with Crippen molar-refractivity contribution in [2.75, 3.05) is 30.4 Å². The molecule has 1 rings (SSSR count). The number of nitrogens with one attached hydrogen (secondary N) is 1. The molecule has 0 aliphatic heterocycles. The molecule has 1 aromatic heterocycles. The summed E-state index contributed by atoms with van der Waals surface area (Å²) in [5.41, 5.74) is 0.377. The third-order valence-corrected chi connectivity index (χ3v) is 3.40. The van der Waals surface area contributed by atoms with Crippen molar-refractivity contribution in [3.8, 4) is 0 Å². The smallest absolute Gasteiger partial charge is 0.332 e. The quantitative estimate of drug-likeness (QED) is 0.586. The lowest BCUT2D eigenvalue weighted by Crippen LogP contribution is -2.26. The van der Waals surface area contributed by atoms with Crippen molar-refractivity contribution in [1.29, 1.82) is 0 Å². The van der Waals surface area contributed by atoms with E-state index in [0.717, 1.165) is 25.9 Å². The van der Waals surface area contributed by atoms with Crippen LogP contribution >= 0.6 is 0 Å². The number of rotatable bonds is 8. The maximum absolute atomic E-state index is 11.3. The first kappa shape index (κ1) is 17.1. The highest BCUT2D eigenvalue weighted by atomic mass is 16.6. The first-order chi connectivity index (χ1) is 9.90. The lowest BCUT2D eigenvalue weighted by atomic mass is 10.1. The number of aromatic nitrogens is 2. The Bertz CT molecular complexity index is 492. The number of anilines is 2. The maximum Gasteiger partial charge on any atom is 0.332 e. The van der Waals surface area contributed by atoms with Gasteiger partial charge in [0, 0.05) is 20.1 Å². The number of aryl methyl sites for hydroxylation is 1. The molecule has 0 radical (unpaired) electrons. The predicted molar refractivity (Wildman–Crippen MR) is 84.9 cm³/mol. The van der Waals surface area contributed by atoms with Gasteiger partial charge in [-0.25, -0.2) is 4.98 Å². The molecular formula is C14H25N5O2. The van der Waals surface area contributed by atoms with Gasteiger partial charge in [-0.15, -0.1) is 0 Å². The van der Waals surface area contributed by atoms with Gasteiger partial charge in [-0.1, -0.05) is 27.2 Å². The average molecular weight is 295 g/mol. The molecule has 1 aromatic rings. The Morgan fingerprint density at radius 1 is 1.38 bits per heavy atom. The van der Waals surface area contributed by atoms with Crippen LogP contribution in [0.5, 0.6) is 0 Å². The minimum Gasteiger partial charge on any atom is -0.354 e. The highest BCUT2D eigenvalue weighted by molar-refractivity contribution is 5.62. The molecule has 21 heavy (non-hydrogen) atoms. The fraction of sp³-hybridized carbons (Fsp3) is 0.714. The standard InChI is InChI=1S/C14H25N5O2/c1-6-8-15-14-16-11(4)12(19(20)21)13(17-14)18(5)9-10(3)7-2/h10H,6-9H2,1-5H3,(H,15,16,17). The van der Waals surface area contributed by atoms with E-state index in [0.29, 0.717) is 23.4 Å². The Kier molecular flexibility index (Phi) is 6.33. The summed E-state index contributed by atoms with van der Waals surface area (Å²) in [5, 5.41) is 14.4. The summed E-state index contributed by atoms with van der Waals surface area (Å²) < 4.78 is 0. The van der Waals surface area contributed by atoms with E-state index in [-0.39, 0.29) is 5.69 Å². The molecule has 1 N–H and O–H groups in total. The van der Waals surface area contributed by atoms with Crippen molar-refractivity contribution in [2.45, 2.75) is 40.5 Å². The van der Waals surface area contributed by atoms with Gasteiger partial charge < -0.3 is 10.2 Å². The van der Waals surface area contributed by atoms with Crippen LogP contribution in [0.4, 0.5) is 17.5 Å². The highest BCUT2D eigenvalue weighted by Crippen LogP contribution is 2.29. The average Bonchev–Trinajstić information content (AvgIpc) is 2.43. The SMILES string of the molecule is CCCNc1nc(C)c([N+](=O)[O-])c(N(C)CC(C)CC)n1. The zero-order chi connectivity index (χ0) is 16.0. The zero-order valence-corrected chi connectivity index (χ0v) is 13.5. The second-order valence-electron chi connectivity index (χ2n) is 5.38. The van der Waals surface area contributed by atoms with Crippen molar-refractivity contribution in [3.05, 3.63) is 15.8 Å². The summed E-state index contributed by atoms with van der Waals surface area (Å²) in [6.07, 6.45) is 1.96. The largest absolute Gasteiger partial charge is 0.354 e. The monoisotopic (exact) mass is 295 g/mol. The Morgan fingerprint density at radius 2 is 2.05 bits per heavy atom. The van der Waals surface area contributed by atoms with Gasteiger partial charge in [0.2, 0.25) is 11.8 Å². The topological polar surface area (TPSA) is 84.2 Å². The van der Waals surface area contributed by atoms with Crippen molar-refractivity contribution in [3.63, 3.8) is 0 Å². The van der Waals surface area contributed by atoms with Crippen LogP contribution in [0.15, 0.2) is 0 Å². The summed E-state index contributed by atoms with van der Waals surface area (Å²) >= 11 is 0. The normalized spacial score (nSPS) is 12.0. The molecular weight excluding hydrogens is 270 g/mol. The van der Waals surface area contributed by atoms with E-state index in [1.165, 1.54) is 0 Å². The second kappa shape index (κ2) is 7.75. The molecule has 7 heteroatoms. The first-order valence-electron chi connectivity index (χ1n) is 7.38. The van der Waals surface area contributed by atoms with Crippen molar-refractivity contribution >= 4 is 17.5 Å². The van der Waals surface area contributed by atoms with Gasteiger partial charge in [0.05, 0.1) is 4.92 Å². The van der Waals surface area contributed by atoms with Gasteiger partial charge in [-0.2, -0.15) is 4.98 Å². The third kappa shape index (κ3) is 4.54. The minimum absolute atomic E-state index is 0.0112. The van der Waals surface area contributed by atoms with Crippen molar-refractivity contribution in [1.82, 2.24) is 9.97 Å². The molecule has 1 heterocycles. The molecule has 0 fully saturated rings. The van der Waals surface area contributed by atoms with E-state index >= 15 is 0 Å². The van der Waals surface area contributed by atoms with Gasteiger partial charge in [0.15, 0.2) is 0 Å². The van der Waals surface area contributed by atoms with Crippen molar-refractivity contribution in [2.24, 2.45) is 5.92 Å². The van der Waals surface area contributed by atoms with Crippen LogP contribution in [-0.4, -0.2) is 35.0 Å². The van der Waals surface area contributed by atoms with Gasteiger partial charge in [-0.3, -0.25) is 10.1 Å². The molecule has 0 bridgehead atoms. The lowest BCUT2D eigenvalue weighted by Gasteiger charge is -2.22. The van der Waals surface area contributed by atoms with E-state index in [1.807, 2.05) is 18.9 Å². The van der Waals surface area contributed by atoms with E-state index in [1.54, 1.807) is 6.92 Å². The molecule has 0 aliphatic carbocycles. The molecule has 0 aliphatic rings. The molecule has 0 aromatic carbocycles. The molecule has 118 valence electrons. The lowest BCUT2D eigenvalue weighted by molar-refractivity contribution is -0.385. The Hall–Kier alpha value is -1.92. The van der Waals surface area contributed by atoms with Gasteiger partial charge in [-0.05, 0) is 19.3 Å². The fourth-order valence-electron chi connectivity index (χ4n) is 2.03. The number of hydrogen-bond donors (Lipinski definition) is 1.